The first kappa shape index (κ1) is 13.1. The van der Waals surface area contributed by atoms with Crippen LogP contribution in [0.4, 0.5) is 4.39 Å². The van der Waals surface area contributed by atoms with Crippen LogP contribution < -0.4 is 5.84 Å². The zero-order chi connectivity index (χ0) is 13.9. The zero-order valence-corrected chi connectivity index (χ0v) is 12.0. The van der Waals surface area contributed by atoms with Crippen molar-refractivity contribution in [1.82, 2.24) is 14.9 Å². The molecule has 3 aromatic rings. The summed E-state index contributed by atoms with van der Waals surface area (Å²) in [5, 5.41) is 10.8. The summed E-state index contributed by atoms with van der Waals surface area (Å²) in [5.41, 5.74) is 1.01. The van der Waals surface area contributed by atoms with Gasteiger partial charge in [0.15, 0.2) is 5.82 Å². The van der Waals surface area contributed by atoms with E-state index < -0.39 is 0 Å². The molecule has 20 heavy (non-hydrogen) atoms. The van der Waals surface area contributed by atoms with E-state index in [4.69, 9.17) is 5.84 Å². The van der Waals surface area contributed by atoms with Crippen LogP contribution in [0.3, 0.4) is 0 Å². The first-order valence-corrected chi connectivity index (χ1v) is 7.72. The monoisotopic (exact) mass is 306 g/mol. The van der Waals surface area contributed by atoms with E-state index in [9.17, 15) is 4.39 Å². The molecule has 0 aliphatic rings. The molecule has 0 saturated heterocycles. The molecular weight excluding hydrogens is 295 g/mol. The highest BCUT2D eigenvalue weighted by atomic mass is 32.2. The predicted octanol–water partition coefficient (Wildman–Crippen LogP) is 3.15. The Kier molecular flexibility index (Phi) is 3.70. The van der Waals surface area contributed by atoms with Crippen molar-refractivity contribution in [1.29, 1.82) is 0 Å². The maximum Gasteiger partial charge on any atom is 0.210 e. The van der Waals surface area contributed by atoms with E-state index in [-0.39, 0.29) is 5.82 Å². The van der Waals surface area contributed by atoms with E-state index in [1.165, 1.54) is 28.6 Å². The predicted molar refractivity (Wildman–Crippen MR) is 79.4 cm³/mol. The van der Waals surface area contributed by atoms with E-state index in [2.05, 4.69) is 10.2 Å². The van der Waals surface area contributed by atoms with Crippen molar-refractivity contribution in [2.45, 2.75) is 10.9 Å². The highest BCUT2D eigenvalue weighted by molar-refractivity contribution is 7.98. The molecule has 0 atom stereocenters. The molecule has 0 amide bonds. The lowest BCUT2D eigenvalue weighted by atomic mass is 10.2. The number of thiophene rings is 1. The van der Waals surface area contributed by atoms with Crippen LogP contribution in [0.1, 0.15) is 5.56 Å². The molecule has 3 rings (SSSR count). The van der Waals surface area contributed by atoms with Gasteiger partial charge < -0.3 is 5.84 Å². The van der Waals surface area contributed by atoms with Gasteiger partial charge in [-0.15, -0.1) is 21.5 Å². The van der Waals surface area contributed by atoms with E-state index >= 15 is 0 Å². The number of nitrogens with zero attached hydrogens (tertiary/aromatic N) is 3. The van der Waals surface area contributed by atoms with Gasteiger partial charge in [0.2, 0.25) is 5.16 Å². The normalized spacial score (nSPS) is 10.8. The molecular formula is C13H11FN4S2. The second-order valence-corrected chi connectivity index (χ2v) is 5.96. The summed E-state index contributed by atoms with van der Waals surface area (Å²) in [6, 6.07) is 10.3. The van der Waals surface area contributed by atoms with Crippen molar-refractivity contribution < 1.29 is 4.39 Å². The van der Waals surface area contributed by atoms with E-state index in [1.54, 1.807) is 23.5 Å². The van der Waals surface area contributed by atoms with Crippen LogP contribution in [0.15, 0.2) is 46.9 Å². The summed E-state index contributed by atoms with van der Waals surface area (Å²) in [6.07, 6.45) is 0. The molecule has 1 aromatic carbocycles. The number of aromatic nitrogens is 3. The van der Waals surface area contributed by atoms with Crippen LogP contribution in [0.25, 0.3) is 10.7 Å². The number of nitrogens with two attached hydrogens (primary N) is 1. The highest BCUT2D eigenvalue weighted by Crippen LogP contribution is 2.26. The number of benzene rings is 1. The quantitative estimate of drug-likeness (QED) is 0.594. The molecule has 0 spiro atoms. The van der Waals surface area contributed by atoms with Gasteiger partial charge in [0.1, 0.15) is 5.82 Å². The smallest absolute Gasteiger partial charge is 0.210 e. The van der Waals surface area contributed by atoms with Gasteiger partial charge in [-0.05, 0) is 29.1 Å². The van der Waals surface area contributed by atoms with Crippen molar-refractivity contribution >= 4 is 23.1 Å². The van der Waals surface area contributed by atoms with Crippen molar-refractivity contribution in [3.63, 3.8) is 0 Å². The fourth-order valence-electron chi connectivity index (χ4n) is 1.68. The molecule has 0 saturated carbocycles. The molecule has 0 fully saturated rings. The van der Waals surface area contributed by atoms with Crippen molar-refractivity contribution in [3.05, 3.63) is 53.2 Å². The Morgan fingerprint density at radius 3 is 2.70 bits per heavy atom. The minimum Gasteiger partial charge on any atom is -0.335 e. The molecule has 7 heteroatoms. The number of hydrogen-bond donors (Lipinski definition) is 1. The summed E-state index contributed by atoms with van der Waals surface area (Å²) in [6.45, 7) is 0. The van der Waals surface area contributed by atoms with Gasteiger partial charge in [-0.1, -0.05) is 30.0 Å². The van der Waals surface area contributed by atoms with Crippen molar-refractivity contribution in [2.24, 2.45) is 0 Å². The molecule has 0 aliphatic carbocycles. The maximum atomic E-state index is 12.8. The van der Waals surface area contributed by atoms with Crippen molar-refractivity contribution in [2.75, 3.05) is 5.84 Å². The van der Waals surface area contributed by atoms with E-state index in [0.717, 1.165) is 10.4 Å². The topological polar surface area (TPSA) is 56.7 Å². The van der Waals surface area contributed by atoms with E-state index in [0.29, 0.717) is 16.7 Å². The van der Waals surface area contributed by atoms with Crippen LogP contribution in [-0.2, 0) is 5.75 Å². The zero-order valence-electron chi connectivity index (χ0n) is 10.4. The number of hydrogen-bond acceptors (Lipinski definition) is 5. The molecule has 2 heterocycles. The number of rotatable bonds is 4. The molecule has 2 aromatic heterocycles. The summed E-state index contributed by atoms with van der Waals surface area (Å²) >= 11 is 3.04. The lowest BCUT2D eigenvalue weighted by molar-refractivity contribution is 0.627. The molecule has 0 unspecified atom stereocenters. The molecule has 0 bridgehead atoms. The van der Waals surface area contributed by atoms with Crippen LogP contribution in [0.5, 0.6) is 0 Å². The van der Waals surface area contributed by atoms with Gasteiger partial charge in [0, 0.05) is 5.75 Å². The lowest BCUT2D eigenvalue weighted by Crippen LogP contribution is -2.11. The third-order valence-electron chi connectivity index (χ3n) is 2.69. The number of thioether (sulfide) groups is 1. The Bertz CT molecular complexity index is 692. The summed E-state index contributed by atoms with van der Waals surface area (Å²) in [5.74, 6) is 7.09. The second-order valence-electron chi connectivity index (χ2n) is 4.07. The van der Waals surface area contributed by atoms with Crippen LogP contribution in [-0.4, -0.2) is 14.9 Å². The van der Waals surface area contributed by atoms with Gasteiger partial charge in [-0.2, -0.15) is 0 Å². The van der Waals surface area contributed by atoms with E-state index in [1.807, 2.05) is 17.5 Å². The first-order valence-electron chi connectivity index (χ1n) is 5.85. The summed E-state index contributed by atoms with van der Waals surface area (Å²) in [7, 11) is 0. The molecule has 2 N–H and O–H groups in total. The maximum absolute atomic E-state index is 12.8. The first-order chi connectivity index (χ1) is 9.74. The number of halogens is 1. The molecule has 102 valence electrons. The van der Waals surface area contributed by atoms with Gasteiger partial charge >= 0.3 is 0 Å². The van der Waals surface area contributed by atoms with Crippen molar-refractivity contribution in [3.8, 4) is 10.7 Å². The second kappa shape index (κ2) is 5.64. The Morgan fingerprint density at radius 2 is 2.00 bits per heavy atom. The van der Waals surface area contributed by atoms with Gasteiger partial charge in [0.05, 0.1) is 4.88 Å². The van der Waals surface area contributed by atoms with Crippen LogP contribution >= 0.6 is 23.1 Å². The Morgan fingerprint density at radius 1 is 1.20 bits per heavy atom. The average Bonchev–Trinajstić information content (AvgIpc) is 3.08. The standard InChI is InChI=1S/C13H11FN4S2/c14-10-5-3-9(4-6-10)8-20-13-17-16-12(18(13)15)11-2-1-7-19-11/h1-7H,8,15H2. The minimum absolute atomic E-state index is 0.235. The Hall–Kier alpha value is -1.86. The SMILES string of the molecule is Nn1c(SCc2ccc(F)cc2)nnc1-c1cccs1. The van der Waals surface area contributed by atoms with Gasteiger partial charge in [0.25, 0.3) is 0 Å². The molecule has 0 radical (unpaired) electrons. The fourth-order valence-corrected chi connectivity index (χ4v) is 3.20. The molecule has 0 aliphatic heterocycles. The summed E-state index contributed by atoms with van der Waals surface area (Å²) < 4.78 is 14.3. The third-order valence-corrected chi connectivity index (χ3v) is 4.57. The Balaban J connectivity index is 1.74. The lowest BCUT2D eigenvalue weighted by Gasteiger charge is -2.02. The fraction of sp³-hybridized carbons (Fsp3) is 0.0769. The summed E-state index contributed by atoms with van der Waals surface area (Å²) in [4.78, 5) is 0.980. The minimum atomic E-state index is -0.235. The number of nitrogen functional groups attached to an aromatic ring is 1. The highest BCUT2D eigenvalue weighted by Gasteiger charge is 2.12. The largest absolute Gasteiger partial charge is 0.335 e. The van der Waals surface area contributed by atoms with Gasteiger partial charge in [-0.25, -0.2) is 9.07 Å². The third kappa shape index (κ3) is 2.68. The van der Waals surface area contributed by atoms with Crippen LogP contribution in [0, 0.1) is 5.82 Å². The average molecular weight is 306 g/mol. The van der Waals surface area contributed by atoms with Gasteiger partial charge in [-0.3, -0.25) is 0 Å². The van der Waals surface area contributed by atoms with Crippen LogP contribution in [0.2, 0.25) is 0 Å². The molecule has 4 nitrogen and oxygen atoms in total. The Labute approximate surface area is 123 Å².